The number of carbonyl (C=O) groups excluding carboxylic acids is 1. The van der Waals surface area contributed by atoms with Crippen LogP contribution in [0.4, 0.5) is 5.69 Å². The lowest BCUT2D eigenvalue weighted by Crippen LogP contribution is -2.50. The van der Waals surface area contributed by atoms with Gasteiger partial charge in [-0.05, 0) is 35.9 Å². The first-order chi connectivity index (χ1) is 20.6. The van der Waals surface area contributed by atoms with E-state index in [0.717, 1.165) is 48.6 Å². The second-order valence-corrected chi connectivity index (χ2v) is 10.5. The summed E-state index contributed by atoms with van der Waals surface area (Å²) in [7, 11) is 0. The van der Waals surface area contributed by atoms with Crippen LogP contribution in [-0.4, -0.2) is 77.8 Å². The number of rotatable bonds is 10. The van der Waals surface area contributed by atoms with E-state index in [1.165, 1.54) is 0 Å². The predicted octanol–water partition coefficient (Wildman–Crippen LogP) is 5.16. The predicted molar refractivity (Wildman–Crippen MR) is 164 cm³/mol. The molecule has 1 aromatic heterocycles. The zero-order valence-corrected chi connectivity index (χ0v) is 23.4. The van der Waals surface area contributed by atoms with E-state index in [1.54, 1.807) is 0 Å². The number of amides is 1. The van der Waals surface area contributed by atoms with Gasteiger partial charge in [-0.1, -0.05) is 66.7 Å². The summed E-state index contributed by atoms with van der Waals surface area (Å²) in [5.74, 6) is 1.18. The molecule has 6 rings (SSSR count). The van der Waals surface area contributed by atoms with Gasteiger partial charge in [-0.25, -0.2) is 4.98 Å². The number of ether oxygens (including phenoxy) is 1. The Morgan fingerprint density at radius 3 is 2.29 bits per heavy atom. The third-order valence-electron chi connectivity index (χ3n) is 7.41. The molecule has 1 amide bonds. The van der Waals surface area contributed by atoms with Gasteiger partial charge in [0.05, 0.1) is 6.54 Å². The number of nitrogens with one attached hydrogen (secondary N) is 1. The van der Waals surface area contributed by atoms with Crippen LogP contribution in [0.25, 0.3) is 33.7 Å². The molecule has 1 atom stereocenters. The van der Waals surface area contributed by atoms with Crippen LogP contribution in [0.1, 0.15) is 0 Å². The zero-order chi connectivity index (χ0) is 28.7. The Bertz CT molecular complexity index is 1620. The molecule has 1 saturated heterocycles. The lowest BCUT2D eigenvalue weighted by Gasteiger charge is -2.35. The number of anilines is 1. The molecule has 0 spiro atoms. The van der Waals surface area contributed by atoms with Crippen molar-refractivity contribution in [3.05, 3.63) is 103 Å². The molecule has 8 nitrogen and oxygen atoms in total. The van der Waals surface area contributed by atoms with Crippen LogP contribution < -0.4 is 10.1 Å². The van der Waals surface area contributed by atoms with Gasteiger partial charge >= 0.3 is 0 Å². The van der Waals surface area contributed by atoms with Crippen molar-refractivity contribution in [3.63, 3.8) is 0 Å². The van der Waals surface area contributed by atoms with Crippen LogP contribution in [0.5, 0.6) is 5.75 Å². The molecule has 42 heavy (non-hydrogen) atoms. The Hall–Kier alpha value is -4.50. The summed E-state index contributed by atoms with van der Waals surface area (Å²) in [5.41, 5.74) is 5.21. The molecule has 0 unspecified atom stereocenters. The van der Waals surface area contributed by atoms with Gasteiger partial charge in [0.1, 0.15) is 24.0 Å². The molecular formula is C34H34N4O4. The molecule has 0 saturated carbocycles. The van der Waals surface area contributed by atoms with E-state index in [-0.39, 0.29) is 12.5 Å². The summed E-state index contributed by atoms with van der Waals surface area (Å²) in [5, 5.41) is 13.7. The minimum atomic E-state index is -0.637. The van der Waals surface area contributed by atoms with Crippen molar-refractivity contribution in [2.24, 2.45) is 0 Å². The number of β-amino-alcohol motifs (C(OH)–C–C–N with tert-alkyl or cyclic N) is 1. The highest BCUT2D eigenvalue weighted by Crippen LogP contribution is 2.28. The fraction of sp³-hybridized carbons (Fsp3) is 0.235. The second-order valence-electron chi connectivity index (χ2n) is 10.5. The molecular weight excluding hydrogens is 528 g/mol. The van der Waals surface area contributed by atoms with Gasteiger partial charge in [-0.15, -0.1) is 0 Å². The Kier molecular flexibility index (Phi) is 8.56. The number of hydrogen-bond donors (Lipinski definition) is 2. The first-order valence-electron chi connectivity index (χ1n) is 14.3. The normalized spacial score (nSPS) is 15.0. The molecule has 0 bridgehead atoms. The summed E-state index contributed by atoms with van der Waals surface area (Å²) < 4.78 is 11.8. The number of piperazine rings is 1. The minimum Gasteiger partial charge on any atom is -0.491 e. The van der Waals surface area contributed by atoms with Gasteiger partial charge in [0.15, 0.2) is 5.58 Å². The average Bonchev–Trinajstić information content (AvgIpc) is 3.46. The second kappa shape index (κ2) is 13.0. The number of benzene rings is 4. The molecule has 1 aliphatic heterocycles. The Balaban J connectivity index is 0.947. The zero-order valence-electron chi connectivity index (χ0n) is 23.4. The number of aliphatic hydroxyl groups is 1. The first kappa shape index (κ1) is 27.7. The average molecular weight is 563 g/mol. The van der Waals surface area contributed by atoms with E-state index in [0.29, 0.717) is 35.8 Å². The standard InChI is InChI=1S/C34H34N4O4/c39-27(24-41-28-15-16-32-31(21-28)36-34(42-32)26-11-5-2-6-12-26)22-37-17-19-38(20-18-37)23-33(40)35-30-14-8-7-13-29(30)25-9-3-1-4-10-25/h1-16,21,27,39H,17-20,22-24H2,(H,35,40)/t27-/m0/s1. The van der Waals surface area contributed by atoms with Gasteiger partial charge < -0.3 is 19.6 Å². The quantitative estimate of drug-likeness (QED) is 0.243. The van der Waals surface area contributed by atoms with Crippen molar-refractivity contribution in [3.8, 4) is 28.3 Å². The smallest absolute Gasteiger partial charge is 0.238 e. The largest absolute Gasteiger partial charge is 0.491 e. The highest BCUT2D eigenvalue weighted by Gasteiger charge is 2.21. The first-order valence-corrected chi connectivity index (χ1v) is 14.3. The van der Waals surface area contributed by atoms with E-state index in [4.69, 9.17) is 9.15 Å². The third kappa shape index (κ3) is 6.86. The summed E-state index contributed by atoms with van der Waals surface area (Å²) in [6.07, 6.45) is -0.637. The maximum atomic E-state index is 12.9. The number of para-hydroxylation sites is 1. The fourth-order valence-corrected chi connectivity index (χ4v) is 5.23. The summed E-state index contributed by atoms with van der Waals surface area (Å²) in [6, 6.07) is 33.2. The maximum Gasteiger partial charge on any atom is 0.238 e. The summed E-state index contributed by atoms with van der Waals surface area (Å²) in [6.45, 7) is 4.09. The number of oxazole rings is 1. The van der Waals surface area contributed by atoms with Gasteiger partial charge in [-0.2, -0.15) is 0 Å². The third-order valence-corrected chi connectivity index (χ3v) is 7.41. The molecule has 5 aromatic rings. The fourth-order valence-electron chi connectivity index (χ4n) is 5.23. The topological polar surface area (TPSA) is 91.1 Å². The van der Waals surface area contributed by atoms with Crippen molar-refractivity contribution in [2.45, 2.75) is 6.10 Å². The van der Waals surface area contributed by atoms with Crippen LogP contribution in [0, 0.1) is 0 Å². The lowest BCUT2D eigenvalue weighted by atomic mass is 10.0. The summed E-state index contributed by atoms with van der Waals surface area (Å²) >= 11 is 0. The molecule has 8 heteroatoms. The number of hydrogen-bond acceptors (Lipinski definition) is 7. The number of aliphatic hydroxyl groups excluding tert-OH is 1. The number of nitrogens with zero attached hydrogens (tertiary/aromatic N) is 3. The van der Waals surface area contributed by atoms with Crippen molar-refractivity contribution >= 4 is 22.7 Å². The van der Waals surface area contributed by atoms with E-state index < -0.39 is 6.10 Å². The van der Waals surface area contributed by atoms with Gasteiger partial charge in [0, 0.05) is 55.6 Å². The van der Waals surface area contributed by atoms with Crippen LogP contribution in [0.3, 0.4) is 0 Å². The van der Waals surface area contributed by atoms with E-state index in [9.17, 15) is 9.90 Å². The monoisotopic (exact) mass is 562 g/mol. The number of carbonyl (C=O) groups is 1. The van der Waals surface area contributed by atoms with E-state index >= 15 is 0 Å². The summed E-state index contributed by atoms with van der Waals surface area (Å²) in [4.78, 5) is 21.8. The Morgan fingerprint density at radius 1 is 0.857 bits per heavy atom. The number of aromatic nitrogens is 1. The molecule has 1 fully saturated rings. The van der Waals surface area contributed by atoms with Crippen LogP contribution in [-0.2, 0) is 4.79 Å². The van der Waals surface area contributed by atoms with Crippen molar-refractivity contribution in [1.29, 1.82) is 0 Å². The Morgan fingerprint density at radius 2 is 1.52 bits per heavy atom. The SMILES string of the molecule is O=C(CN1CCN(C[C@H](O)COc2ccc3oc(-c4ccccc4)nc3c2)CC1)Nc1ccccc1-c1ccccc1. The van der Waals surface area contributed by atoms with Gasteiger partial charge in [-0.3, -0.25) is 14.6 Å². The van der Waals surface area contributed by atoms with Crippen molar-refractivity contribution in [2.75, 3.05) is 51.2 Å². The maximum absolute atomic E-state index is 12.9. The molecule has 4 aromatic carbocycles. The van der Waals surface area contributed by atoms with E-state index in [1.807, 2.05) is 103 Å². The van der Waals surface area contributed by atoms with E-state index in [2.05, 4.69) is 20.1 Å². The van der Waals surface area contributed by atoms with Crippen molar-refractivity contribution < 1.29 is 19.1 Å². The van der Waals surface area contributed by atoms with Crippen LogP contribution in [0.15, 0.2) is 108 Å². The van der Waals surface area contributed by atoms with Gasteiger partial charge in [0.2, 0.25) is 11.8 Å². The lowest BCUT2D eigenvalue weighted by molar-refractivity contribution is -0.117. The molecule has 0 radical (unpaired) electrons. The number of fused-ring (bicyclic) bond motifs is 1. The highest BCUT2D eigenvalue weighted by molar-refractivity contribution is 5.96. The van der Waals surface area contributed by atoms with Crippen LogP contribution in [0.2, 0.25) is 0 Å². The molecule has 2 N–H and O–H groups in total. The van der Waals surface area contributed by atoms with Crippen molar-refractivity contribution in [1.82, 2.24) is 14.8 Å². The highest BCUT2D eigenvalue weighted by atomic mass is 16.5. The van der Waals surface area contributed by atoms with Gasteiger partial charge in [0.25, 0.3) is 0 Å². The minimum absolute atomic E-state index is 0.0276. The molecule has 1 aliphatic rings. The Labute approximate surface area is 245 Å². The molecule has 0 aliphatic carbocycles. The molecule has 2 heterocycles. The van der Waals surface area contributed by atoms with Crippen LogP contribution >= 0.6 is 0 Å². The molecule has 214 valence electrons.